The van der Waals surface area contributed by atoms with E-state index < -0.39 is 35.4 Å². The summed E-state index contributed by atoms with van der Waals surface area (Å²) in [6.07, 6.45) is -8.03. The van der Waals surface area contributed by atoms with Crippen LogP contribution in [0.15, 0.2) is 71.1 Å². The summed E-state index contributed by atoms with van der Waals surface area (Å²) < 4.78 is 85.5. The minimum Gasteiger partial charge on any atom is -0.438 e. The quantitative estimate of drug-likeness (QED) is 0.271. The summed E-state index contributed by atoms with van der Waals surface area (Å²) in [5, 5.41) is 0. The van der Waals surface area contributed by atoms with Crippen LogP contribution in [-0.4, -0.2) is 22.3 Å². The fraction of sp³-hybridized carbons (Fsp3) is 0.231. The second-order valence-corrected chi connectivity index (χ2v) is 8.51. The lowest BCUT2D eigenvalue weighted by molar-refractivity contribution is -0.138. The highest BCUT2D eigenvalue weighted by Crippen LogP contribution is 2.39. The lowest BCUT2D eigenvalue weighted by atomic mass is 9.99. The van der Waals surface area contributed by atoms with Crippen LogP contribution in [0, 0.1) is 0 Å². The van der Waals surface area contributed by atoms with E-state index in [-0.39, 0.29) is 17.0 Å². The first-order chi connectivity index (χ1) is 17.0. The Labute approximate surface area is 201 Å². The Hall–Kier alpha value is -3.82. The van der Waals surface area contributed by atoms with Gasteiger partial charge in [0.15, 0.2) is 5.58 Å². The number of carbonyl (C=O) groups is 1. The highest BCUT2D eigenvalue weighted by molar-refractivity contribution is 5.95. The number of oxazole rings is 1. The summed E-state index contributed by atoms with van der Waals surface area (Å²) in [7, 11) is 0. The zero-order chi connectivity index (χ0) is 25.7. The molecule has 10 heteroatoms. The van der Waals surface area contributed by atoms with Gasteiger partial charge in [-0.2, -0.15) is 26.3 Å². The number of amides is 1. The molecule has 2 heterocycles. The van der Waals surface area contributed by atoms with Crippen molar-refractivity contribution in [2.45, 2.75) is 31.2 Å². The molecule has 1 saturated heterocycles. The third-order valence-corrected chi connectivity index (χ3v) is 6.18. The molecule has 1 aliphatic rings. The van der Waals surface area contributed by atoms with Crippen molar-refractivity contribution in [3.8, 4) is 11.1 Å². The van der Waals surface area contributed by atoms with Crippen LogP contribution in [0.2, 0.25) is 0 Å². The Morgan fingerprint density at radius 1 is 0.917 bits per heavy atom. The van der Waals surface area contributed by atoms with Gasteiger partial charge in [-0.25, -0.2) is 4.98 Å². The van der Waals surface area contributed by atoms with E-state index in [9.17, 15) is 31.1 Å². The van der Waals surface area contributed by atoms with Crippen molar-refractivity contribution in [2.75, 3.05) is 6.54 Å². The fourth-order valence-corrected chi connectivity index (χ4v) is 4.50. The first kappa shape index (κ1) is 23.9. The lowest BCUT2D eigenvalue weighted by Crippen LogP contribution is -2.31. The Kier molecular flexibility index (Phi) is 5.77. The number of rotatable bonds is 3. The molecule has 1 amide bonds. The normalized spacial score (nSPS) is 16.6. The van der Waals surface area contributed by atoms with Crippen LogP contribution in [-0.2, 0) is 12.4 Å². The van der Waals surface area contributed by atoms with Gasteiger partial charge in [0.25, 0.3) is 5.91 Å². The average Bonchev–Trinajstić information content (AvgIpc) is 3.49. The maximum Gasteiger partial charge on any atom is 0.417 e. The molecule has 1 atom stereocenters. The van der Waals surface area contributed by atoms with Gasteiger partial charge in [0.1, 0.15) is 11.6 Å². The second kappa shape index (κ2) is 8.69. The summed E-state index contributed by atoms with van der Waals surface area (Å²) in [5.74, 6) is -0.394. The molecule has 4 nitrogen and oxygen atoms in total. The largest absolute Gasteiger partial charge is 0.438 e. The summed E-state index contributed by atoms with van der Waals surface area (Å²) in [4.78, 5) is 18.9. The molecule has 0 bridgehead atoms. The summed E-state index contributed by atoms with van der Waals surface area (Å²) >= 11 is 0. The molecule has 0 spiro atoms. The molecule has 1 aromatic heterocycles. The van der Waals surface area contributed by atoms with Crippen molar-refractivity contribution in [3.63, 3.8) is 0 Å². The Bertz CT molecular complexity index is 1440. The van der Waals surface area contributed by atoms with Crippen molar-refractivity contribution in [1.82, 2.24) is 9.88 Å². The van der Waals surface area contributed by atoms with Gasteiger partial charge in [0, 0.05) is 12.1 Å². The number of halogens is 6. The highest BCUT2D eigenvalue weighted by atomic mass is 19.4. The number of aromatic nitrogens is 1. The first-order valence-electron chi connectivity index (χ1n) is 11.1. The van der Waals surface area contributed by atoms with E-state index in [1.54, 1.807) is 0 Å². The molecule has 36 heavy (non-hydrogen) atoms. The first-order valence-corrected chi connectivity index (χ1v) is 11.1. The van der Waals surface area contributed by atoms with E-state index in [1.807, 2.05) is 0 Å². The van der Waals surface area contributed by atoms with Crippen LogP contribution in [0.3, 0.4) is 0 Å². The standard InChI is InChI=1S/C26H18F6N2O2/c27-25(28,29)17-6-3-5-16(13-17)24(35)34-12-4-9-21(34)23-33-20-14-15(10-11-22(20)36-23)18-7-1-2-8-19(18)26(30,31)32/h1-3,5-8,10-11,13-14,21H,4,9,12H2. The topological polar surface area (TPSA) is 46.3 Å². The van der Waals surface area contributed by atoms with Crippen molar-refractivity contribution in [3.05, 3.63) is 89.3 Å². The summed E-state index contributed by atoms with van der Waals surface area (Å²) in [6, 6.07) is 13.3. The number of hydrogen-bond donors (Lipinski definition) is 0. The minimum absolute atomic E-state index is 0.00123. The van der Waals surface area contributed by atoms with Gasteiger partial charge in [0.2, 0.25) is 5.89 Å². The number of fused-ring (bicyclic) bond motifs is 1. The molecule has 0 N–H and O–H groups in total. The van der Waals surface area contributed by atoms with Gasteiger partial charge < -0.3 is 9.32 Å². The molecular formula is C26H18F6N2O2. The summed E-state index contributed by atoms with van der Waals surface area (Å²) in [5.41, 5.74) is -0.843. The smallest absolute Gasteiger partial charge is 0.417 e. The van der Waals surface area contributed by atoms with Gasteiger partial charge >= 0.3 is 12.4 Å². The Balaban J connectivity index is 1.47. The molecule has 3 aromatic carbocycles. The summed E-state index contributed by atoms with van der Waals surface area (Å²) in [6.45, 7) is 0.308. The molecule has 1 aliphatic heterocycles. The third-order valence-electron chi connectivity index (χ3n) is 6.18. The molecule has 1 unspecified atom stereocenters. The third kappa shape index (κ3) is 4.43. The van der Waals surface area contributed by atoms with Crippen LogP contribution in [0.4, 0.5) is 26.3 Å². The van der Waals surface area contributed by atoms with Crippen LogP contribution in [0.5, 0.6) is 0 Å². The van der Waals surface area contributed by atoms with Crippen LogP contribution >= 0.6 is 0 Å². The van der Waals surface area contributed by atoms with E-state index >= 15 is 0 Å². The van der Waals surface area contributed by atoms with Crippen LogP contribution < -0.4 is 0 Å². The van der Waals surface area contributed by atoms with Crippen LogP contribution in [0.1, 0.15) is 46.3 Å². The molecular weight excluding hydrogens is 486 g/mol. The monoisotopic (exact) mass is 504 g/mol. The average molecular weight is 504 g/mol. The zero-order valence-corrected chi connectivity index (χ0v) is 18.5. The molecule has 4 aromatic rings. The van der Waals surface area contributed by atoms with E-state index in [0.717, 1.165) is 18.2 Å². The Morgan fingerprint density at radius 3 is 2.44 bits per heavy atom. The molecule has 0 saturated carbocycles. The van der Waals surface area contributed by atoms with Crippen molar-refractivity contribution < 1.29 is 35.6 Å². The van der Waals surface area contributed by atoms with Gasteiger partial charge in [-0.05, 0) is 60.4 Å². The second-order valence-electron chi connectivity index (χ2n) is 8.51. The van der Waals surface area contributed by atoms with Gasteiger partial charge in [0.05, 0.1) is 11.1 Å². The van der Waals surface area contributed by atoms with Crippen molar-refractivity contribution >= 4 is 17.0 Å². The molecule has 186 valence electrons. The van der Waals surface area contributed by atoms with Gasteiger partial charge in [-0.15, -0.1) is 0 Å². The van der Waals surface area contributed by atoms with Crippen molar-refractivity contribution in [1.29, 1.82) is 0 Å². The number of carbonyl (C=O) groups excluding carboxylic acids is 1. The SMILES string of the molecule is O=C(c1cccc(C(F)(F)F)c1)N1CCCC1c1nc2cc(-c3ccccc3C(F)(F)F)ccc2o1. The molecule has 0 radical (unpaired) electrons. The van der Waals surface area contributed by atoms with Gasteiger partial charge in [-0.3, -0.25) is 4.79 Å². The zero-order valence-electron chi connectivity index (χ0n) is 18.5. The molecule has 1 fully saturated rings. The predicted octanol–water partition coefficient (Wildman–Crippen LogP) is 7.51. The molecule has 5 rings (SSSR count). The van der Waals surface area contributed by atoms with E-state index in [1.165, 1.54) is 53.4 Å². The van der Waals surface area contributed by atoms with Crippen LogP contribution in [0.25, 0.3) is 22.2 Å². The predicted molar refractivity (Wildman–Crippen MR) is 119 cm³/mol. The minimum atomic E-state index is -4.58. The van der Waals surface area contributed by atoms with E-state index in [2.05, 4.69) is 4.98 Å². The maximum atomic E-state index is 13.5. The van der Waals surface area contributed by atoms with E-state index in [0.29, 0.717) is 36.0 Å². The maximum absolute atomic E-state index is 13.5. The molecule has 0 aliphatic carbocycles. The number of benzene rings is 3. The van der Waals surface area contributed by atoms with E-state index in [4.69, 9.17) is 4.42 Å². The number of nitrogens with zero attached hydrogens (tertiary/aromatic N) is 2. The number of hydrogen-bond acceptors (Lipinski definition) is 3. The number of likely N-dealkylation sites (tertiary alicyclic amines) is 1. The van der Waals surface area contributed by atoms with Gasteiger partial charge in [-0.1, -0.05) is 30.3 Å². The lowest BCUT2D eigenvalue weighted by Gasteiger charge is -2.22. The Morgan fingerprint density at radius 2 is 1.69 bits per heavy atom. The fourth-order valence-electron chi connectivity index (χ4n) is 4.50. The highest BCUT2D eigenvalue weighted by Gasteiger charge is 2.36. The number of alkyl halides is 6. The van der Waals surface area contributed by atoms with Crippen molar-refractivity contribution in [2.24, 2.45) is 0 Å².